The van der Waals surface area contributed by atoms with E-state index in [1.165, 1.54) is 5.69 Å². The summed E-state index contributed by atoms with van der Waals surface area (Å²) in [5.41, 5.74) is 8.53. The second-order valence-electron chi connectivity index (χ2n) is 6.88. The van der Waals surface area contributed by atoms with Gasteiger partial charge in [-0.1, -0.05) is 18.2 Å². The fourth-order valence-corrected chi connectivity index (χ4v) is 3.62. The highest BCUT2D eigenvalue weighted by atomic mass is 16.3. The molecule has 1 aliphatic rings. The van der Waals surface area contributed by atoms with Crippen molar-refractivity contribution in [3.8, 4) is 11.6 Å². The van der Waals surface area contributed by atoms with E-state index in [0.29, 0.717) is 23.2 Å². The maximum absolute atomic E-state index is 6.36. The number of nitrogen functional groups attached to an aromatic ring is 1. The molecule has 1 saturated heterocycles. The third kappa shape index (κ3) is 2.74. The molecule has 142 valence electrons. The van der Waals surface area contributed by atoms with E-state index < -0.39 is 0 Å². The van der Waals surface area contributed by atoms with Crippen molar-refractivity contribution in [2.75, 3.05) is 41.7 Å². The van der Waals surface area contributed by atoms with Crippen molar-refractivity contribution in [3.05, 3.63) is 54.3 Å². The zero-order valence-corrected chi connectivity index (χ0v) is 15.6. The van der Waals surface area contributed by atoms with Crippen LogP contribution < -0.4 is 15.5 Å². The lowest BCUT2D eigenvalue weighted by Crippen LogP contribution is -2.47. The van der Waals surface area contributed by atoms with E-state index in [0.717, 1.165) is 37.6 Å². The van der Waals surface area contributed by atoms with Gasteiger partial charge < -0.3 is 20.0 Å². The third-order valence-corrected chi connectivity index (χ3v) is 5.19. The molecule has 28 heavy (non-hydrogen) atoms. The Hall–Kier alpha value is -3.55. The highest BCUT2D eigenvalue weighted by Gasteiger charge is 2.23. The van der Waals surface area contributed by atoms with Gasteiger partial charge in [-0.2, -0.15) is 14.5 Å². The van der Waals surface area contributed by atoms with Crippen molar-refractivity contribution in [1.29, 1.82) is 0 Å². The molecule has 0 spiro atoms. The van der Waals surface area contributed by atoms with E-state index in [9.17, 15) is 0 Å². The first kappa shape index (κ1) is 16.6. The number of nitrogens with zero attached hydrogens (tertiary/aromatic N) is 6. The second kappa shape index (κ2) is 6.56. The average Bonchev–Trinajstić information content (AvgIpc) is 3.41. The molecule has 5 rings (SSSR count). The summed E-state index contributed by atoms with van der Waals surface area (Å²) in [6.07, 6.45) is 1.60. The topological polar surface area (TPSA) is 88.7 Å². The SMILES string of the molecule is Cc1c(N2CCN(c3ccccc3)CC2)nc2nc(-c3ccco3)nn2c1N. The van der Waals surface area contributed by atoms with E-state index in [1.54, 1.807) is 16.8 Å². The van der Waals surface area contributed by atoms with Crippen molar-refractivity contribution in [2.45, 2.75) is 6.92 Å². The first-order chi connectivity index (χ1) is 13.7. The largest absolute Gasteiger partial charge is 0.461 e. The monoisotopic (exact) mass is 375 g/mol. The van der Waals surface area contributed by atoms with Gasteiger partial charge in [0.05, 0.1) is 6.26 Å². The van der Waals surface area contributed by atoms with E-state index in [4.69, 9.17) is 15.1 Å². The second-order valence-corrected chi connectivity index (χ2v) is 6.88. The zero-order valence-electron chi connectivity index (χ0n) is 15.6. The predicted octanol–water partition coefficient (Wildman–Crippen LogP) is 2.60. The van der Waals surface area contributed by atoms with E-state index in [-0.39, 0.29) is 0 Å². The van der Waals surface area contributed by atoms with Gasteiger partial charge in [0, 0.05) is 37.4 Å². The summed E-state index contributed by atoms with van der Waals surface area (Å²) in [5, 5.41) is 4.45. The molecular weight excluding hydrogens is 354 g/mol. The van der Waals surface area contributed by atoms with E-state index in [1.807, 2.05) is 19.1 Å². The highest BCUT2D eigenvalue weighted by Crippen LogP contribution is 2.27. The molecule has 1 aromatic carbocycles. The molecule has 0 radical (unpaired) electrons. The van der Waals surface area contributed by atoms with Gasteiger partial charge in [0.25, 0.3) is 5.78 Å². The summed E-state index contributed by atoms with van der Waals surface area (Å²) in [7, 11) is 0. The van der Waals surface area contributed by atoms with Crippen LogP contribution in [0.1, 0.15) is 5.56 Å². The molecular formula is C20H21N7O. The summed E-state index contributed by atoms with van der Waals surface area (Å²) < 4.78 is 6.98. The number of hydrogen-bond donors (Lipinski definition) is 1. The zero-order chi connectivity index (χ0) is 19.1. The lowest BCUT2D eigenvalue weighted by Gasteiger charge is -2.37. The maximum Gasteiger partial charge on any atom is 0.256 e. The number of aromatic nitrogens is 4. The summed E-state index contributed by atoms with van der Waals surface area (Å²) in [4.78, 5) is 13.9. The number of hydrogen-bond acceptors (Lipinski definition) is 7. The molecule has 0 atom stereocenters. The molecule has 4 aromatic rings. The van der Waals surface area contributed by atoms with Crippen molar-refractivity contribution in [2.24, 2.45) is 0 Å². The van der Waals surface area contributed by atoms with Crippen LogP contribution in [0.4, 0.5) is 17.3 Å². The third-order valence-electron chi connectivity index (χ3n) is 5.19. The van der Waals surface area contributed by atoms with E-state index in [2.05, 4.69) is 44.1 Å². The molecule has 1 fully saturated rings. The minimum Gasteiger partial charge on any atom is -0.461 e. The van der Waals surface area contributed by atoms with Gasteiger partial charge in [-0.3, -0.25) is 0 Å². The Morgan fingerprint density at radius 1 is 0.929 bits per heavy atom. The van der Waals surface area contributed by atoms with Crippen molar-refractivity contribution < 1.29 is 4.42 Å². The Labute approximate surface area is 162 Å². The van der Waals surface area contributed by atoms with Crippen molar-refractivity contribution in [3.63, 3.8) is 0 Å². The minimum absolute atomic E-state index is 0.481. The van der Waals surface area contributed by atoms with Crippen LogP contribution in [0.5, 0.6) is 0 Å². The first-order valence-corrected chi connectivity index (χ1v) is 9.32. The van der Waals surface area contributed by atoms with Gasteiger partial charge in [0.1, 0.15) is 11.6 Å². The van der Waals surface area contributed by atoms with Crippen LogP contribution in [0.3, 0.4) is 0 Å². The first-order valence-electron chi connectivity index (χ1n) is 9.32. The van der Waals surface area contributed by atoms with Gasteiger partial charge in [-0.05, 0) is 31.2 Å². The highest BCUT2D eigenvalue weighted by molar-refractivity contribution is 5.63. The summed E-state index contributed by atoms with van der Waals surface area (Å²) in [5.74, 6) is 2.98. The van der Waals surface area contributed by atoms with Gasteiger partial charge in [0.2, 0.25) is 5.82 Å². The lowest BCUT2D eigenvalue weighted by atomic mass is 10.2. The van der Waals surface area contributed by atoms with Crippen LogP contribution in [0, 0.1) is 6.92 Å². The minimum atomic E-state index is 0.481. The van der Waals surface area contributed by atoms with Crippen LogP contribution in [0.25, 0.3) is 17.4 Å². The van der Waals surface area contributed by atoms with Gasteiger partial charge >= 0.3 is 0 Å². The fourth-order valence-electron chi connectivity index (χ4n) is 3.62. The molecule has 2 N–H and O–H groups in total. The number of para-hydroxylation sites is 1. The van der Waals surface area contributed by atoms with Crippen LogP contribution in [-0.4, -0.2) is 45.8 Å². The number of furan rings is 1. The summed E-state index contributed by atoms with van der Waals surface area (Å²) >= 11 is 0. The molecule has 0 bridgehead atoms. The Balaban J connectivity index is 1.44. The van der Waals surface area contributed by atoms with Crippen LogP contribution in [0.2, 0.25) is 0 Å². The normalized spacial score (nSPS) is 14.8. The number of piperazine rings is 1. The molecule has 0 saturated carbocycles. The van der Waals surface area contributed by atoms with E-state index >= 15 is 0 Å². The van der Waals surface area contributed by atoms with Gasteiger partial charge in [-0.25, -0.2) is 0 Å². The quantitative estimate of drug-likeness (QED) is 0.589. The molecule has 1 aliphatic heterocycles. The lowest BCUT2D eigenvalue weighted by molar-refractivity contribution is 0.577. The number of rotatable bonds is 3. The molecule has 8 nitrogen and oxygen atoms in total. The number of anilines is 3. The average molecular weight is 375 g/mol. The molecule has 0 aliphatic carbocycles. The molecule has 8 heteroatoms. The summed E-state index contributed by atoms with van der Waals surface area (Å²) in [6.45, 7) is 5.59. The molecule has 0 unspecified atom stereocenters. The Morgan fingerprint density at radius 3 is 2.39 bits per heavy atom. The number of benzene rings is 1. The van der Waals surface area contributed by atoms with Crippen LogP contribution in [0.15, 0.2) is 53.1 Å². The number of nitrogens with two attached hydrogens (primary N) is 1. The van der Waals surface area contributed by atoms with Crippen molar-refractivity contribution >= 4 is 23.1 Å². The molecule has 0 amide bonds. The fraction of sp³-hybridized carbons (Fsp3) is 0.250. The smallest absolute Gasteiger partial charge is 0.256 e. The Kier molecular flexibility index (Phi) is 3.89. The maximum atomic E-state index is 6.36. The molecule has 3 aromatic heterocycles. The Bertz CT molecular complexity index is 1100. The molecule has 4 heterocycles. The van der Waals surface area contributed by atoms with Crippen LogP contribution in [-0.2, 0) is 0 Å². The number of fused-ring (bicyclic) bond motifs is 1. The van der Waals surface area contributed by atoms with Gasteiger partial charge in [-0.15, -0.1) is 5.10 Å². The summed E-state index contributed by atoms with van der Waals surface area (Å²) in [6, 6.07) is 14.1. The predicted molar refractivity (Wildman–Crippen MR) is 109 cm³/mol. The van der Waals surface area contributed by atoms with Crippen molar-refractivity contribution in [1.82, 2.24) is 19.6 Å². The Morgan fingerprint density at radius 2 is 1.68 bits per heavy atom. The van der Waals surface area contributed by atoms with Gasteiger partial charge in [0.15, 0.2) is 5.76 Å². The van der Waals surface area contributed by atoms with Crippen LogP contribution >= 0.6 is 0 Å². The standard InChI is InChI=1S/C20H21N7O/c1-14-17(21)27-20(22-18(24-27)16-8-5-13-28-16)23-19(14)26-11-9-25(10-12-26)15-6-3-2-4-7-15/h2-8,13H,9-12,21H2,1H3.